The molecule has 0 spiro atoms. The molecule has 2 atom stereocenters. The number of hydrogen-bond acceptors (Lipinski definition) is 4. The molecule has 1 aromatic heterocycles. The summed E-state index contributed by atoms with van der Waals surface area (Å²) in [6, 6.07) is 62.2. The highest BCUT2D eigenvalue weighted by Gasteiger charge is 2.62. The van der Waals surface area contributed by atoms with Crippen LogP contribution in [0.25, 0.3) is 31.3 Å². The molecule has 3 nitrogen and oxygen atoms in total. The fourth-order valence-electron chi connectivity index (χ4n) is 14.1. The molecule has 77 heavy (non-hydrogen) atoms. The Labute approximate surface area is 464 Å². The molecule has 1 aliphatic carbocycles. The van der Waals surface area contributed by atoms with E-state index in [0.29, 0.717) is 0 Å². The summed E-state index contributed by atoms with van der Waals surface area (Å²) in [6.45, 7) is 33.5. The van der Waals surface area contributed by atoms with Crippen molar-refractivity contribution in [3.05, 3.63) is 186 Å². The van der Waals surface area contributed by atoms with E-state index in [0.717, 1.165) is 23.5 Å². The highest BCUT2D eigenvalue weighted by atomic mass is 32.1. The summed E-state index contributed by atoms with van der Waals surface area (Å²) >= 11 is 1.94. The summed E-state index contributed by atoms with van der Waals surface area (Å²) in [5, 5.41) is 2.64. The van der Waals surface area contributed by atoms with Gasteiger partial charge in [0.25, 0.3) is 6.71 Å². The normalized spacial score (nSPS) is 18.9. The van der Waals surface area contributed by atoms with Crippen LogP contribution in [0.1, 0.15) is 150 Å². The highest BCUT2D eigenvalue weighted by Crippen LogP contribution is 2.63. The van der Waals surface area contributed by atoms with Gasteiger partial charge in [0.2, 0.25) is 0 Å². The minimum Gasteiger partial charge on any atom is -0.335 e. The fourth-order valence-corrected chi connectivity index (χ4v) is 15.2. The predicted molar refractivity (Wildman–Crippen MR) is 336 cm³/mol. The van der Waals surface area contributed by atoms with E-state index in [2.05, 4.69) is 269 Å². The number of thiophene rings is 1. The van der Waals surface area contributed by atoms with E-state index in [1.807, 2.05) is 11.3 Å². The van der Waals surface area contributed by atoms with Crippen LogP contribution >= 0.6 is 11.3 Å². The molecule has 0 saturated heterocycles. The van der Waals surface area contributed by atoms with Crippen molar-refractivity contribution in [1.29, 1.82) is 0 Å². The van der Waals surface area contributed by atoms with Crippen LogP contribution in [-0.2, 0) is 27.1 Å². The Morgan fingerprint density at radius 2 is 1.05 bits per heavy atom. The average Bonchev–Trinajstić information content (AvgIpc) is 4.08. The quantitative estimate of drug-likeness (QED) is 0.159. The van der Waals surface area contributed by atoms with Gasteiger partial charge in [-0.3, -0.25) is 0 Å². The molecule has 8 aromatic carbocycles. The summed E-state index contributed by atoms with van der Waals surface area (Å²) in [7, 11) is 0. The van der Waals surface area contributed by atoms with Gasteiger partial charge in [0.1, 0.15) is 0 Å². The number of benzene rings is 8. The second-order valence-corrected chi connectivity index (χ2v) is 28.9. The van der Waals surface area contributed by atoms with E-state index >= 15 is 0 Å². The van der Waals surface area contributed by atoms with E-state index in [1.54, 1.807) is 5.56 Å². The Morgan fingerprint density at radius 3 is 1.69 bits per heavy atom. The summed E-state index contributed by atoms with van der Waals surface area (Å²) in [6.07, 6.45) is 4.76. The molecular formula is C72H76BN3S. The molecule has 0 bridgehead atoms. The first-order valence-electron chi connectivity index (χ1n) is 28.6. The van der Waals surface area contributed by atoms with Gasteiger partial charge in [-0.2, -0.15) is 0 Å². The maximum atomic E-state index is 2.92. The van der Waals surface area contributed by atoms with Gasteiger partial charge >= 0.3 is 0 Å². The van der Waals surface area contributed by atoms with Gasteiger partial charge in [0, 0.05) is 65.3 Å². The van der Waals surface area contributed by atoms with Crippen LogP contribution in [0.15, 0.2) is 158 Å². The van der Waals surface area contributed by atoms with Crippen LogP contribution in [0.5, 0.6) is 0 Å². The smallest absolute Gasteiger partial charge is 0.252 e. The van der Waals surface area contributed by atoms with Crippen molar-refractivity contribution in [2.24, 2.45) is 0 Å². The average molecular weight is 1030 g/mol. The lowest BCUT2D eigenvalue weighted by Gasteiger charge is -2.53. The Kier molecular flexibility index (Phi) is 11.0. The van der Waals surface area contributed by atoms with Crippen molar-refractivity contribution < 1.29 is 0 Å². The van der Waals surface area contributed by atoms with Crippen LogP contribution in [0.4, 0.5) is 45.5 Å². The lowest BCUT2D eigenvalue weighted by molar-refractivity contribution is 0.195. The molecule has 2 unspecified atom stereocenters. The third-order valence-corrected chi connectivity index (χ3v) is 19.9. The molecule has 4 aliphatic rings. The van der Waals surface area contributed by atoms with E-state index in [9.17, 15) is 0 Å². The summed E-state index contributed by atoms with van der Waals surface area (Å²) in [5.41, 5.74) is 23.4. The van der Waals surface area contributed by atoms with Crippen molar-refractivity contribution in [2.75, 3.05) is 14.7 Å². The molecule has 13 rings (SSSR count). The van der Waals surface area contributed by atoms with Crippen LogP contribution in [-0.4, -0.2) is 12.3 Å². The zero-order valence-corrected chi connectivity index (χ0v) is 49.0. The van der Waals surface area contributed by atoms with Gasteiger partial charge < -0.3 is 14.7 Å². The molecule has 0 N–H and O–H groups in total. The highest BCUT2D eigenvalue weighted by molar-refractivity contribution is 7.26. The first kappa shape index (κ1) is 50.0. The van der Waals surface area contributed by atoms with Crippen LogP contribution in [0, 0.1) is 0 Å². The van der Waals surface area contributed by atoms with Crippen molar-refractivity contribution in [1.82, 2.24) is 0 Å². The Hall–Kier alpha value is -6.56. The molecule has 3 aliphatic heterocycles. The van der Waals surface area contributed by atoms with Crippen LogP contribution in [0.3, 0.4) is 0 Å². The third kappa shape index (κ3) is 7.63. The van der Waals surface area contributed by atoms with Crippen molar-refractivity contribution in [3.63, 3.8) is 0 Å². The van der Waals surface area contributed by atoms with Crippen LogP contribution in [0.2, 0.25) is 0 Å². The number of nitrogens with zero attached hydrogens (tertiary/aromatic N) is 3. The topological polar surface area (TPSA) is 9.72 Å². The van der Waals surface area contributed by atoms with Gasteiger partial charge in [-0.25, -0.2) is 0 Å². The van der Waals surface area contributed by atoms with Gasteiger partial charge in [-0.05, 0) is 158 Å². The van der Waals surface area contributed by atoms with Gasteiger partial charge in [-0.15, -0.1) is 11.3 Å². The maximum absolute atomic E-state index is 2.92. The van der Waals surface area contributed by atoms with Crippen molar-refractivity contribution >= 4 is 100 Å². The first-order chi connectivity index (χ1) is 36.4. The lowest BCUT2D eigenvalue weighted by Crippen LogP contribution is -2.64. The molecule has 0 radical (unpaired) electrons. The Balaban J connectivity index is 1.20. The van der Waals surface area contributed by atoms with E-state index in [-0.39, 0.29) is 39.3 Å². The number of rotatable bonds is 5. The minimum absolute atomic E-state index is 0.00539. The lowest BCUT2D eigenvalue weighted by atomic mass is 9.33. The molecule has 1 fully saturated rings. The monoisotopic (exact) mass is 1030 g/mol. The number of anilines is 8. The van der Waals surface area contributed by atoms with Crippen LogP contribution < -0.4 is 31.1 Å². The van der Waals surface area contributed by atoms with Gasteiger partial charge in [0.05, 0.1) is 16.9 Å². The molecule has 388 valence electrons. The van der Waals surface area contributed by atoms with E-state index < -0.39 is 0 Å². The molecule has 0 amide bonds. The third-order valence-electron chi connectivity index (χ3n) is 18.8. The van der Waals surface area contributed by atoms with E-state index in [1.165, 1.54) is 118 Å². The Morgan fingerprint density at radius 1 is 0.468 bits per heavy atom. The minimum atomic E-state index is -0.159. The standard InChI is InChI=1S/C72H76BN3S/c1-67(2,3)46-26-31-50(32-27-46)74(51-33-28-47(29-34-51)68(4,5)6)52-41-61-65-62(42-52)76-66-56(71(13)36-20-21-37-72(71,76)14)39-49(70(10,11)12)40-58(66)73(65)57-44-64-55(53-24-18-19-25-63(53)77-64)43-60(57)75(61)59-35-30-48(69(7,8)9)38-54(59)45-22-16-15-17-23-45/h15-19,22-35,38-44H,20-21,36-37H2,1-14H3. The fraction of sp³-hybridized carbons (Fsp3) is 0.333. The SMILES string of the molecule is CC(C)(C)c1ccc(N(c2ccc(C(C)(C)C)cc2)c2cc3c4c(c2)N2c5c(cc(C(C)(C)C)cc5C5(C)CCCCC25C)B4c2cc4sc5ccccc5c4cc2N3c2ccc(C(C)(C)C)cc2-c2ccccc2)cc1. The summed E-state index contributed by atoms with van der Waals surface area (Å²) in [4.78, 5) is 8.20. The number of fused-ring (bicyclic) bond motifs is 10. The molecule has 5 heteroatoms. The molecule has 1 saturated carbocycles. The Bertz CT molecular complexity index is 3780. The maximum Gasteiger partial charge on any atom is 0.252 e. The molecule has 9 aromatic rings. The van der Waals surface area contributed by atoms with E-state index in [4.69, 9.17) is 0 Å². The van der Waals surface area contributed by atoms with Crippen molar-refractivity contribution in [3.8, 4) is 11.1 Å². The second-order valence-electron chi connectivity index (χ2n) is 27.8. The first-order valence-corrected chi connectivity index (χ1v) is 29.4. The molecular weight excluding hydrogens is 950 g/mol. The zero-order chi connectivity index (χ0) is 53.9. The van der Waals surface area contributed by atoms with Gasteiger partial charge in [0.15, 0.2) is 0 Å². The number of hydrogen-bond donors (Lipinski definition) is 0. The largest absolute Gasteiger partial charge is 0.335 e. The zero-order valence-electron chi connectivity index (χ0n) is 48.2. The second kappa shape index (κ2) is 17.0. The van der Waals surface area contributed by atoms with Crippen molar-refractivity contribution in [2.45, 2.75) is 155 Å². The summed E-state index contributed by atoms with van der Waals surface area (Å²) in [5.74, 6) is 0. The van der Waals surface area contributed by atoms with Gasteiger partial charge in [-0.1, -0.05) is 194 Å². The predicted octanol–water partition coefficient (Wildman–Crippen LogP) is 18.7. The molecule has 4 heterocycles. The summed E-state index contributed by atoms with van der Waals surface area (Å²) < 4.78 is 2.68.